The molecule has 2 aromatic heterocycles. The van der Waals surface area contributed by atoms with E-state index in [1.165, 1.54) is 6.33 Å². The van der Waals surface area contributed by atoms with Gasteiger partial charge in [-0.1, -0.05) is 30.7 Å². The summed E-state index contributed by atoms with van der Waals surface area (Å²) in [6.45, 7) is 7.11. The highest BCUT2D eigenvalue weighted by Gasteiger charge is 2.42. The van der Waals surface area contributed by atoms with E-state index in [4.69, 9.17) is 15.6 Å². The predicted octanol–water partition coefficient (Wildman–Crippen LogP) is 4.05. The number of benzene rings is 2. The SMILES string of the molecule is Nc1ncnc2c1c(-c1ccc(Oc3ccccc3)cc1)nn2[C@@H]1CCCN(C(=O)/C=C/CN2CCN(CCNC(=O)CCCC[C@@H]3SCC4NC(=O)NC43)CC2)C1. The van der Waals surface area contributed by atoms with Crippen molar-refractivity contribution in [1.82, 2.24) is 50.4 Å². The van der Waals surface area contributed by atoms with Crippen LogP contribution >= 0.6 is 11.8 Å². The van der Waals surface area contributed by atoms with Crippen molar-refractivity contribution in [3.63, 3.8) is 0 Å². The number of anilines is 1. The predicted molar refractivity (Wildman–Crippen MR) is 226 cm³/mol. The molecule has 4 aromatic rings. The molecule has 5 N–H and O–H groups in total. The fourth-order valence-electron chi connectivity index (χ4n) is 8.43. The number of carbonyl (C=O) groups excluding carboxylic acids is 3. The van der Waals surface area contributed by atoms with Gasteiger partial charge in [0.1, 0.15) is 29.3 Å². The number of nitrogens with two attached hydrogens (primary N) is 1. The number of rotatable bonds is 15. The van der Waals surface area contributed by atoms with Crippen molar-refractivity contribution in [2.24, 2.45) is 0 Å². The Bertz CT molecular complexity index is 2070. The molecule has 0 radical (unpaired) electrons. The van der Waals surface area contributed by atoms with Crippen LogP contribution in [0.15, 0.2) is 73.1 Å². The van der Waals surface area contributed by atoms with E-state index in [1.807, 2.05) is 82.0 Å². The molecule has 6 heterocycles. The van der Waals surface area contributed by atoms with Gasteiger partial charge in [0.25, 0.3) is 0 Å². The van der Waals surface area contributed by atoms with Gasteiger partial charge in [-0.25, -0.2) is 19.4 Å². The summed E-state index contributed by atoms with van der Waals surface area (Å²) in [5, 5.41) is 15.3. The Labute approximate surface area is 343 Å². The van der Waals surface area contributed by atoms with E-state index >= 15 is 0 Å². The first-order valence-corrected chi connectivity index (χ1v) is 21.6. The number of amides is 4. The zero-order valence-electron chi connectivity index (χ0n) is 32.8. The third kappa shape index (κ3) is 9.56. The van der Waals surface area contributed by atoms with Crippen LogP contribution in [-0.4, -0.2) is 134 Å². The lowest BCUT2D eigenvalue weighted by atomic mass is 10.0. The molecule has 4 aliphatic rings. The number of thioether (sulfide) groups is 1. The summed E-state index contributed by atoms with van der Waals surface area (Å²) in [4.78, 5) is 53.0. The quantitative estimate of drug-likeness (QED) is 0.0775. The summed E-state index contributed by atoms with van der Waals surface area (Å²) in [5.41, 5.74) is 8.65. The highest BCUT2D eigenvalue weighted by Crippen LogP contribution is 2.35. The number of aromatic nitrogens is 4. The van der Waals surface area contributed by atoms with E-state index in [-0.39, 0.29) is 36.0 Å². The average Bonchev–Trinajstić information content (AvgIpc) is 3.94. The first-order chi connectivity index (χ1) is 28.4. The molecular weight excluding hydrogens is 755 g/mol. The number of nitrogen functional groups attached to an aromatic ring is 1. The molecule has 15 nitrogen and oxygen atoms in total. The summed E-state index contributed by atoms with van der Waals surface area (Å²) < 4.78 is 7.91. The van der Waals surface area contributed by atoms with Crippen LogP contribution in [-0.2, 0) is 9.59 Å². The van der Waals surface area contributed by atoms with Gasteiger partial charge in [-0.15, -0.1) is 0 Å². The molecule has 0 bridgehead atoms. The van der Waals surface area contributed by atoms with Crippen molar-refractivity contribution >= 4 is 46.5 Å². The number of piperidine rings is 1. The number of likely N-dealkylation sites (tertiary alicyclic amines) is 1. The Morgan fingerprint density at radius 2 is 1.76 bits per heavy atom. The fraction of sp³-hybridized carbons (Fsp3) is 0.476. The van der Waals surface area contributed by atoms with Crippen LogP contribution in [0.3, 0.4) is 0 Å². The van der Waals surface area contributed by atoms with Gasteiger partial charge in [-0.2, -0.15) is 16.9 Å². The molecule has 4 fully saturated rings. The van der Waals surface area contributed by atoms with E-state index in [1.54, 1.807) is 6.08 Å². The van der Waals surface area contributed by atoms with Crippen molar-refractivity contribution in [3.8, 4) is 22.8 Å². The standard InChI is InChI=1S/C42H53N11O4S/c43-40-37-38(29-14-16-32(17-15-29)57-31-9-2-1-3-10-31)49-53(41(37)46-28-45-40)30-8-6-20-52(26-30)36(55)13-7-19-50-22-24-51(25-23-50)21-18-44-35(54)12-5-4-11-34-39-33(27-58-34)47-42(56)48-39/h1-3,7,9-10,13-17,28,30,33-34,39H,4-6,8,11-12,18-27H2,(H,44,54)(H2,43,45,46)(H2,47,48,56)/b13-7+/t30-,33?,34+,39?/m1/s1. The van der Waals surface area contributed by atoms with Gasteiger partial charge in [0, 0.05) is 88.0 Å². The Balaban J connectivity index is 0.759. The largest absolute Gasteiger partial charge is 0.457 e. The highest BCUT2D eigenvalue weighted by molar-refractivity contribution is 8.00. The summed E-state index contributed by atoms with van der Waals surface area (Å²) in [6, 6.07) is 17.8. The monoisotopic (exact) mass is 807 g/mol. The third-order valence-corrected chi connectivity index (χ3v) is 13.1. The minimum absolute atomic E-state index is 0.00424. The first-order valence-electron chi connectivity index (χ1n) is 20.6. The Hall–Kier alpha value is -5.19. The summed E-state index contributed by atoms with van der Waals surface area (Å²) in [6.07, 6.45) is 10.3. The molecule has 4 atom stereocenters. The lowest BCUT2D eigenvalue weighted by Gasteiger charge is -2.34. The lowest BCUT2D eigenvalue weighted by molar-refractivity contribution is -0.127. The third-order valence-electron chi connectivity index (χ3n) is 11.6. The molecule has 2 unspecified atom stereocenters. The van der Waals surface area contributed by atoms with Crippen molar-refractivity contribution in [2.45, 2.75) is 61.9 Å². The van der Waals surface area contributed by atoms with E-state index in [2.05, 4.69) is 35.7 Å². The van der Waals surface area contributed by atoms with Crippen LogP contribution in [0.1, 0.15) is 44.6 Å². The molecule has 0 saturated carbocycles. The van der Waals surface area contributed by atoms with Crippen molar-refractivity contribution in [1.29, 1.82) is 0 Å². The normalized spacial score (nSPS) is 22.6. The molecule has 4 amide bonds. The topological polar surface area (TPSA) is 176 Å². The van der Waals surface area contributed by atoms with Gasteiger partial charge in [-0.05, 0) is 62.1 Å². The van der Waals surface area contributed by atoms with Gasteiger partial charge < -0.3 is 31.3 Å². The molecular formula is C42H53N11O4S. The van der Waals surface area contributed by atoms with Crippen molar-refractivity contribution < 1.29 is 19.1 Å². The summed E-state index contributed by atoms with van der Waals surface area (Å²) in [5.74, 6) is 2.92. The number of para-hydroxylation sites is 1. The number of unbranched alkanes of at least 4 members (excludes halogenated alkanes) is 1. The number of nitrogens with one attached hydrogen (secondary N) is 3. The van der Waals surface area contributed by atoms with Gasteiger partial charge >= 0.3 is 6.03 Å². The van der Waals surface area contributed by atoms with E-state index in [0.717, 1.165) is 88.4 Å². The van der Waals surface area contributed by atoms with Crippen LogP contribution < -0.4 is 26.4 Å². The second-order valence-corrected chi connectivity index (χ2v) is 16.8. The van der Waals surface area contributed by atoms with Crippen LogP contribution in [0.5, 0.6) is 11.5 Å². The fourth-order valence-corrected chi connectivity index (χ4v) is 9.98. The number of carbonyl (C=O) groups is 3. The second kappa shape index (κ2) is 18.6. The zero-order chi connectivity index (χ0) is 39.8. The van der Waals surface area contributed by atoms with Gasteiger partial charge in [0.2, 0.25) is 11.8 Å². The number of piperazine rings is 1. The van der Waals surface area contributed by atoms with Crippen LogP contribution in [0.2, 0.25) is 0 Å². The molecule has 0 spiro atoms. The zero-order valence-corrected chi connectivity index (χ0v) is 33.6. The number of hydrogen-bond donors (Lipinski definition) is 4. The van der Waals surface area contributed by atoms with Crippen molar-refractivity contribution in [2.75, 3.05) is 70.4 Å². The minimum atomic E-state index is -0.0551. The molecule has 8 rings (SSSR count). The molecule has 2 aromatic carbocycles. The smallest absolute Gasteiger partial charge is 0.315 e. The summed E-state index contributed by atoms with van der Waals surface area (Å²) >= 11 is 1.92. The Kier molecular flexibility index (Phi) is 12.7. The first kappa shape index (κ1) is 39.6. The second-order valence-electron chi connectivity index (χ2n) is 15.5. The maximum atomic E-state index is 13.4. The van der Waals surface area contributed by atoms with Gasteiger partial charge in [-0.3, -0.25) is 19.4 Å². The maximum Gasteiger partial charge on any atom is 0.315 e. The van der Waals surface area contributed by atoms with E-state index in [9.17, 15) is 14.4 Å². The van der Waals surface area contributed by atoms with Crippen LogP contribution in [0, 0.1) is 0 Å². The van der Waals surface area contributed by atoms with Gasteiger partial charge in [0.05, 0.1) is 23.5 Å². The van der Waals surface area contributed by atoms with Crippen molar-refractivity contribution in [3.05, 3.63) is 73.1 Å². The molecule has 4 saturated heterocycles. The van der Waals surface area contributed by atoms with Crippen LogP contribution in [0.4, 0.5) is 10.6 Å². The minimum Gasteiger partial charge on any atom is -0.457 e. The molecule has 16 heteroatoms. The number of fused-ring (bicyclic) bond motifs is 2. The lowest BCUT2D eigenvalue weighted by Crippen LogP contribution is -2.48. The maximum absolute atomic E-state index is 13.4. The number of nitrogens with zero attached hydrogens (tertiary/aromatic N) is 7. The number of urea groups is 1. The Morgan fingerprint density at radius 1 is 0.966 bits per heavy atom. The molecule has 0 aliphatic carbocycles. The molecule has 306 valence electrons. The van der Waals surface area contributed by atoms with E-state index < -0.39 is 0 Å². The number of hydrogen-bond acceptors (Lipinski definition) is 11. The molecule has 58 heavy (non-hydrogen) atoms. The molecule has 4 aliphatic heterocycles. The average molecular weight is 808 g/mol. The highest BCUT2D eigenvalue weighted by atomic mass is 32.2. The number of ether oxygens (including phenoxy) is 1. The summed E-state index contributed by atoms with van der Waals surface area (Å²) in [7, 11) is 0. The van der Waals surface area contributed by atoms with Crippen LogP contribution in [0.25, 0.3) is 22.3 Å². The van der Waals surface area contributed by atoms with E-state index in [0.29, 0.717) is 59.6 Å². The Morgan fingerprint density at radius 3 is 2.59 bits per heavy atom. The van der Waals surface area contributed by atoms with Gasteiger partial charge in [0.15, 0.2) is 5.65 Å².